The van der Waals surface area contributed by atoms with Crippen molar-refractivity contribution in [3.8, 4) is 5.75 Å². The molecule has 1 heterocycles. The maximum Gasteiger partial charge on any atom is 0.241 e. The zero-order valence-electron chi connectivity index (χ0n) is 9.32. The average molecular weight is 245 g/mol. The van der Waals surface area contributed by atoms with Crippen molar-refractivity contribution in [1.82, 2.24) is 14.9 Å². The number of amides is 1. The normalized spacial score (nSPS) is 9.75. The number of aromatic nitrogens is 2. The number of ether oxygens (including phenoxy) is 1. The number of carbonyl (C=O) groups is 1. The standard InChI is InChI=1S/C9H13ClN4O2/c1-14(2)6(15)4-11-9-7(16-3)8(10)12-5-13-9/h5H,4H2,1-3H3,(H,11,12,13). The minimum Gasteiger partial charge on any atom is -0.490 e. The van der Waals surface area contributed by atoms with Crippen LogP contribution in [-0.2, 0) is 4.79 Å². The maximum absolute atomic E-state index is 11.3. The molecule has 0 unspecified atom stereocenters. The number of likely N-dealkylation sites (N-methyl/N-ethyl adjacent to an activating group) is 1. The third kappa shape index (κ3) is 2.96. The van der Waals surface area contributed by atoms with Gasteiger partial charge in [0.05, 0.1) is 13.7 Å². The number of halogens is 1. The zero-order chi connectivity index (χ0) is 12.1. The molecule has 16 heavy (non-hydrogen) atoms. The molecular weight excluding hydrogens is 232 g/mol. The van der Waals surface area contributed by atoms with Crippen LogP contribution in [0.15, 0.2) is 6.33 Å². The molecule has 1 aromatic rings. The highest BCUT2D eigenvalue weighted by Crippen LogP contribution is 2.27. The number of hydrogen-bond acceptors (Lipinski definition) is 5. The van der Waals surface area contributed by atoms with Gasteiger partial charge in [0.1, 0.15) is 6.33 Å². The van der Waals surface area contributed by atoms with E-state index in [9.17, 15) is 4.79 Å². The van der Waals surface area contributed by atoms with E-state index in [0.717, 1.165) is 0 Å². The van der Waals surface area contributed by atoms with E-state index in [2.05, 4.69) is 15.3 Å². The second-order valence-corrected chi connectivity index (χ2v) is 3.55. The van der Waals surface area contributed by atoms with Crippen LogP contribution in [0, 0.1) is 0 Å². The second kappa shape index (κ2) is 5.50. The summed E-state index contributed by atoms with van der Waals surface area (Å²) < 4.78 is 5.02. The molecule has 0 spiro atoms. The summed E-state index contributed by atoms with van der Waals surface area (Å²) in [6.07, 6.45) is 1.30. The molecule has 0 aromatic carbocycles. The molecule has 7 heteroatoms. The molecule has 0 aliphatic carbocycles. The number of carbonyl (C=O) groups excluding carboxylic acids is 1. The lowest BCUT2D eigenvalue weighted by atomic mass is 10.4. The van der Waals surface area contributed by atoms with Crippen LogP contribution >= 0.6 is 11.6 Å². The van der Waals surface area contributed by atoms with Gasteiger partial charge in [0.25, 0.3) is 0 Å². The van der Waals surface area contributed by atoms with Gasteiger partial charge in [-0.2, -0.15) is 0 Å². The van der Waals surface area contributed by atoms with Crippen LogP contribution < -0.4 is 10.1 Å². The monoisotopic (exact) mass is 244 g/mol. The van der Waals surface area contributed by atoms with Crippen LogP contribution in [0.1, 0.15) is 0 Å². The zero-order valence-corrected chi connectivity index (χ0v) is 10.1. The highest BCUT2D eigenvalue weighted by Gasteiger charge is 2.11. The Morgan fingerprint density at radius 2 is 2.25 bits per heavy atom. The summed E-state index contributed by atoms with van der Waals surface area (Å²) in [4.78, 5) is 20.5. The quantitative estimate of drug-likeness (QED) is 0.788. The fraction of sp³-hybridized carbons (Fsp3) is 0.444. The van der Waals surface area contributed by atoms with Crippen molar-refractivity contribution in [2.75, 3.05) is 33.1 Å². The first-order chi connectivity index (χ1) is 7.56. The number of nitrogens with one attached hydrogen (secondary N) is 1. The van der Waals surface area contributed by atoms with Gasteiger partial charge in [-0.1, -0.05) is 11.6 Å². The molecule has 6 nitrogen and oxygen atoms in total. The molecule has 1 aromatic heterocycles. The predicted octanol–water partition coefficient (Wildman–Crippen LogP) is 0.639. The van der Waals surface area contributed by atoms with Gasteiger partial charge in [-0.15, -0.1) is 0 Å². The Bertz CT molecular complexity index is 384. The number of anilines is 1. The lowest BCUT2D eigenvalue weighted by Gasteiger charge is -2.13. The molecule has 0 aliphatic heterocycles. The highest BCUT2D eigenvalue weighted by molar-refractivity contribution is 6.31. The first-order valence-corrected chi connectivity index (χ1v) is 4.92. The molecule has 0 aliphatic rings. The molecule has 0 saturated carbocycles. The van der Waals surface area contributed by atoms with E-state index in [1.165, 1.54) is 18.3 Å². The maximum atomic E-state index is 11.3. The van der Waals surface area contributed by atoms with E-state index >= 15 is 0 Å². The predicted molar refractivity (Wildman–Crippen MR) is 60.8 cm³/mol. The second-order valence-electron chi connectivity index (χ2n) is 3.19. The van der Waals surface area contributed by atoms with Gasteiger partial charge in [0.15, 0.2) is 16.7 Å². The number of rotatable bonds is 4. The van der Waals surface area contributed by atoms with E-state index in [1.807, 2.05) is 0 Å². The van der Waals surface area contributed by atoms with Crippen molar-refractivity contribution >= 4 is 23.3 Å². The van der Waals surface area contributed by atoms with Gasteiger partial charge in [-0.05, 0) is 0 Å². The van der Waals surface area contributed by atoms with Gasteiger partial charge in [0, 0.05) is 14.1 Å². The summed E-state index contributed by atoms with van der Waals surface area (Å²) in [5.74, 6) is 0.658. The SMILES string of the molecule is COc1c(Cl)ncnc1NCC(=O)N(C)C. The number of hydrogen-bond donors (Lipinski definition) is 1. The Labute approximate surface area is 98.6 Å². The van der Waals surface area contributed by atoms with Crippen LogP contribution in [0.25, 0.3) is 0 Å². The molecule has 0 fully saturated rings. The molecular formula is C9H13ClN4O2. The van der Waals surface area contributed by atoms with Crippen molar-refractivity contribution in [3.63, 3.8) is 0 Å². The van der Waals surface area contributed by atoms with Crippen molar-refractivity contribution < 1.29 is 9.53 Å². The Kier molecular flexibility index (Phi) is 4.30. The summed E-state index contributed by atoms with van der Waals surface area (Å²) in [6.45, 7) is 0.122. The van der Waals surface area contributed by atoms with Gasteiger partial charge in [0.2, 0.25) is 5.91 Å². The van der Waals surface area contributed by atoms with Gasteiger partial charge in [-0.25, -0.2) is 9.97 Å². The lowest BCUT2D eigenvalue weighted by Crippen LogP contribution is -2.28. The number of nitrogens with zero attached hydrogens (tertiary/aromatic N) is 3. The van der Waals surface area contributed by atoms with E-state index < -0.39 is 0 Å². The fourth-order valence-electron chi connectivity index (χ4n) is 0.977. The van der Waals surface area contributed by atoms with Gasteiger partial charge >= 0.3 is 0 Å². The van der Waals surface area contributed by atoms with Crippen LogP contribution in [0.4, 0.5) is 5.82 Å². The van der Waals surface area contributed by atoms with Crippen molar-refractivity contribution in [1.29, 1.82) is 0 Å². The molecule has 0 atom stereocenters. The Balaban J connectivity index is 2.74. The molecule has 88 valence electrons. The molecule has 1 rings (SSSR count). The fourth-order valence-corrected chi connectivity index (χ4v) is 1.19. The summed E-state index contributed by atoms with van der Waals surface area (Å²) in [5, 5.41) is 3.04. The smallest absolute Gasteiger partial charge is 0.241 e. The topological polar surface area (TPSA) is 67.4 Å². The summed E-state index contributed by atoms with van der Waals surface area (Å²) in [6, 6.07) is 0. The average Bonchev–Trinajstić information content (AvgIpc) is 2.25. The number of methoxy groups -OCH3 is 1. The Hall–Kier alpha value is -1.56. The molecule has 1 N–H and O–H groups in total. The van der Waals surface area contributed by atoms with E-state index in [0.29, 0.717) is 11.6 Å². The Morgan fingerprint density at radius 3 is 2.81 bits per heavy atom. The first kappa shape index (κ1) is 12.5. The van der Waals surface area contributed by atoms with Crippen LogP contribution in [0.2, 0.25) is 5.15 Å². The van der Waals surface area contributed by atoms with Gasteiger partial charge < -0.3 is 15.0 Å². The van der Waals surface area contributed by atoms with Crippen molar-refractivity contribution in [3.05, 3.63) is 11.5 Å². The minimum absolute atomic E-state index is 0.0724. The summed E-state index contributed by atoms with van der Waals surface area (Å²) in [7, 11) is 4.81. The summed E-state index contributed by atoms with van der Waals surface area (Å²) >= 11 is 5.80. The first-order valence-electron chi connectivity index (χ1n) is 4.54. The van der Waals surface area contributed by atoms with Crippen molar-refractivity contribution in [2.45, 2.75) is 0 Å². The highest BCUT2D eigenvalue weighted by atomic mass is 35.5. The van der Waals surface area contributed by atoms with Crippen LogP contribution in [0.5, 0.6) is 5.75 Å². The van der Waals surface area contributed by atoms with Gasteiger partial charge in [-0.3, -0.25) is 4.79 Å². The van der Waals surface area contributed by atoms with E-state index in [1.54, 1.807) is 14.1 Å². The lowest BCUT2D eigenvalue weighted by molar-refractivity contribution is -0.126. The largest absolute Gasteiger partial charge is 0.490 e. The van der Waals surface area contributed by atoms with E-state index in [-0.39, 0.29) is 17.6 Å². The van der Waals surface area contributed by atoms with Crippen molar-refractivity contribution in [2.24, 2.45) is 0 Å². The van der Waals surface area contributed by atoms with Crippen LogP contribution in [-0.4, -0.2) is 48.5 Å². The molecule has 0 radical (unpaired) electrons. The summed E-state index contributed by atoms with van der Waals surface area (Å²) in [5.41, 5.74) is 0. The third-order valence-corrected chi connectivity index (χ3v) is 2.14. The minimum atomic E-state index is -0.0724. The Morgan fingerprint density at radius 1 is 1.56 bits per heavy atom. The van der Waals surface area contributed by atoms with Crippen LogP contribution in [0.3, 0.4) is 0 Å². The van der Waals surface area contributed by atoms with E-state index in [4.69, 9.17) is 16.3 Å². The third-order valence-electron chi connectivity index (χ3n) is 1.87. The molecule has 0 bridgehead atoms. The molecule has 1 amide bonds. The molecule has 0 saturated heterocycles.